The largest absolute Gasteiger partial charge is 0.490 e. The fourth-order valence-electron chi connectivity index (χ4n) is 4.94. The molecule has 2 amide bonds. The van der Waals surface area contributed by atoms with Gasteiger partial charge in [-0.25, -0.2) is 19.6 Å². The molecule has 2 aromatic heterocycles. The normalized spacial score (nSPS) is 10.9. The molecule has 0 spiro atoms. The average molecular weight is 919 g/mol. The van der Waals surface area contributed by atoms with E-state index in [0.29, 0.717) is 65.6 Å². The molecule has 0 fully saturated rings. The Kier molecular flexibility index (Phi) is 17.4. The molecular formula is C41H36F6N6O8S2. The van der Waals surface area contributed by atoms with E-state index in [-0.39, 0.29) is 11.8 Å². The van der Waals surface area contributed by atoms with Crippen LogP contribution >= 0.6 is 22.7 Å². The number of ether oxygens (including phenoxy) is 2. The van der Waals surface area contributed by atoms with Crippen LogP contribution in [0.25, 0.3) is 22.5 Å². The van der Waals surface area contributed by atoms with Crippen LogP contribution in [-0.2, 0) is 22.8 Å². The fraction of sp³-hybridized carbons (Fsp3) is 0.171. The van der Waals surface area contributed by atoms with E-state index in [1.54, 1.807) is 18.2 Å². The van der Waals surface area contributed by atoms with E-state index in [1.807, 2.05) is 89.6 Å². The molecule has 14 nitrogen and oxygen atoms in total. The van der Waals surface area contributed by atoms with Crippen LogP contribution in [0.15, 0.2) is 108 Å². The van der Waals surface area contributed by atoms with Crippen LogP contribution in [0.2, 0.25) is 0 Å². The molecule has 0 aliphatic heterocycles. The van der Waals surface area contributed by atoms with Crippen molar-refractivity contribution in [2.45, 2.75) is 32.0 Å². The van der Waals surface area contributed by atoms with Crippen molar-refractivity contribution in [1.29, 1.82) is 0 Å². The van der Waals surface area contributed by atoms with Crippen LogP contribution in [0.3, 0.4) is 0 Å². The summed E-state index contributed by atoms with van der Waals surface area (Å²) in [4.78, 5) is 51.9. The van der Waals surface area contributed by atoms with E-state index in [1.165, 1.54) is 22.7 Å². The van der Waals surface area contributed by atoms with E-state index in [2.05, 4.69) is 20.6 Å². The number of carbonyl (C=O) groups excluding carboxylic acids is 2. The Balaban J connectivity index is 0.000000537. The lowest BCUT2D eigenvalue weighted by Crippen LogP contribution is -2.30. The summed E-state index contributed by atoms with van der Waals surface area (Å²) >= 11 is 2.79. The molecule has 0 saturated heterocycles. The third kappa shape index (κ3) is 16.0. The highest BCUT2D eigenvalue weighted by Crippen LogP contribution is 2.32. The maximum atomic E-state index is 12.8. The van der Waals surface area contributed by atoms with Crippen LogP contribution in [-0.4, -0.2) is 69.4 Å². The Hall–Kier alpha value is -7.20. The van der Waals surface area contributed by atoms with Gasteiger partial charge in [0.2, 0.25) is 0 Å². The first-order valence-electron chi connectivity index (χ1n) is 18.0. The maximum absolute atomic E-state index is 12.8. The summed E-state index contributed by atoms with van der Waals surface area (Å²) in [5.74, 6) is -4.46. The van der Waals surface area contributed by atoms with Crippen LogP contribution in [0.1, 0.15) is 38.3 Å². The molecule has 0 radical (unpaired) electrons. The van der Waals surface area contributed by atoms with E-state index in [4.69, 9.17) is 40.7 Å². The lowest BCUT2D eigenvalue weighted by Gasteiger charge is -2.11. The first kappa shape index (κ1) is 48.5. The zero-order valence-corrected chi connectivity index (χ0v) is 34.0. The van der Waals surface area contributed by atoms with Gasteiger partial charge in [0.05, 0.1) is 11.4 Å². The molecule has 22 heteroatoms. The number of nitrogens with one attached hydrogen (secondary N) is 2. The second kappa shape index (κ2) is 22.6. The molecule has 6 aromatic rings. The van der Waals surface area contributed by atoms with Gasteiger partial charge in [0.25, 0.3) is 11.8 Å². The quantitative estimate of drug-likeness (QED) is 0.0450. The van der Waals surface area contributed by atoms with Crippen LogP contribution in [0, 0.1) is 0 Å². The van der Waals surface area contributed by atoms with Crippen molar-refractivity contribution in [2.24, 2.45) is 0 Å². The number of nitrogens with zero attached hydrogens (tertiary/aromatic N) is 2. The fourth-order valence-corrected chi connectivity index (χ4v) is 6.07. The summed E-state index contributed by atoms with van der Waals surface area (Å²) in [7, 11) is 0. The van der Waals surface area contributed by atoms with Gasteiger partial charge in [-0.3, -0.25) is 9.59 Å². The number of hydrogen-bond acceptors (Lipinski definition) is 12. The predicted molar refractivity (Wildman–Crippen MR) is 222 cm³/mol. The van der Waals surface area contributed by atoms with Gasteiger partial charge in [0, 0.05) is 46.1 Å². The Bertz CT molecular complexity index is 2440. The van der Waals surface area contributed by atoms with Gasteiger partial charge in [0.1, 0.15) is 24.7 Å². The summed E-state index contributed by atoms with van der Waals surface area (Å²) in [6, 6.07) is 29.9. The van der Waals surface area contributed by atoms with Crippen molar-refractivity contribution in [2.75, 3.05) is 24.6 Å². The number of aromatic nitrogens is 2. The standard InChI is InChI=1S/C37H34N6O4S2.2C2HF3O2/c38-36-42-31(22-48-36)26-13-15-29(16-14-26)46-21-25-5-3-6-28(19-25)35(45)41-18-4-17-40-34(44)27-11-9-24(10-12-27)20-47-33-8-2-1-7-30(33)32-23-49-37(39)43-32;2*3-2(4,5)1(6)7/h1-3,5-16,19,22-23H,4,17-18,20-21H2,(H2,38,42)(H2,39,43)(H,40,44)(H,41,45);2*(H,6,7). The van der Waals surface area contributed by atoms with Crippen molar-refractivity contribution < 1.29 is 65.2 Å². The molecule has 8 N–H and O–H groups in total. The van der Waals surface area contributed by atoms with Crippen molar-refractivity contribution in [1.82, 2.24) is 20.6 Å². The molecule has 0 aliphatic carbocycles. The maximum Gasteiger partial charge on any atom is 0.490 e. The van der Waals surface area contributed by atoms with Crippen LogP contribution in [0.4, 0.5) is 36.6 Å². The number of aliphatic carboxylic acids is 2. The predicted octanol–water partition coefficient (Wildman–Crippen LogP) is 8.07. The van der Waals surface area contributed by atoms with Crippen molar-refractivity contribution in [3.8, 4) is 34.0 Å². The lowest BCUT2D eigenvalue weighted by molar-refractivity contribution is -0.193. The number of benzene rings is 4. The zero-order chi connectivity index (χ0) is 46.2. The number of thiazole rings is 2. The highest BCUT2D eigenvalue weighted by Gasteiger charge is 2.39. The number of carboxylic acid groups (broad SMARTS) is 2. The first-order valence-corrected chi connectivity index (χ1v) is 19.8. The van der Waals surface area contributed by atoms with Gasteiger partial charge in [-0.15, -0.1) is 22.7 Å². The molecule has 0 unspecified atom stereocenters. The number of nitrogens with two attached hydrogens (primary N) is 2. The van der Waals surface area contributed by atoms with Gasteiger partial charge in [0.15, 0.2) is 10.3 Å². The number of nitrogen functional groups attached to an aromatic ring is 2. The summed E-state index contributed by atoms with van der Waals surface area (Å²) in [6.45, 7) is 1.50. The Morgan fingerprint density at radius 2 is 1.14 bits per heavy atom. The van der Waals surface area contributed by atoms with Gasteiger partial charge in [-0.05, 0) is 78.2 Å². The Morgan fingerprint density at radius 1 is 0.619 bits per heavy atom. The highest BCUT2D eigenvalue weighted by molar-refractivity contribution is 7.14. The Morgan fingerprint density at radius 3 is 1.68 bits per heavy atom. The number of alkyl halides is 6. The molecule has 0 bridgehead atoms. The van der Waals surface area contributed by atoms with E-state index in [9.17, 15) is 35.9 Å². The van der Waals surface area contributed by atoms with Crippen LogP contribution in [0.5, 0.6) is 11.5 Å². The minimum Gasteiger partial charge on any atom is -0.489 e. The van der Waals surface area contributed by atoms with Crippen LogP contribution < -0.4 is 31.6 Å². The number of carboxylic acids is 2. The number of carbonyl (C=O) groups is 4. The van der Waals surface area contributed by atoms with Crippen molar-refractivity contribution in [3.05, 3.63) is 130 Å². The minimum atomic E-state index is -5.08. The second-order valence-electron chi connectivity index (χ2n) is 12.6. The molecule has 0 atom stereocenters. The lowest BCUT2D eigenvalue weighted by atomic mass is 10.1. The molecule has 6 rings (SSSR count). The van der Waals surface area contributed by atoms with E-state index >= 15 is 0 Å². The highest BCUT2D eigenvalue weighted by atomic mass is 32.1. The average Bonchev–Trinajstić information content (AvgIpc) is 3.90. The molecule has 332 valence electrons. The van der Waals surface area contributed by atoms with Crippen molar-refractivity contribution >= 4 is 56.7 Å². The van der Waals surface area contributed by atoms with Crippen molar-refractivity contribution in [3.63, 3.8) is 0 Å². The van der Waals surface area contributed by atoms with Gasteiger partial charge in [-0.1, -0.05) is 36.4 Å². The third-order valence-electron chi connectivity index (χ3n) is 7.97. The molecule has 63 heavy (non-hydrogen) atoms. The van der Waals surface area contributed by atoms with Gasteiger partial charge in [-0.2, -0.15) is 26.3 Å². The number of anilines is 2. The zero-order valence-electron chi connectivity index (χ0n) is 32.4. The monoisotopic (exact) mass is 918 g/mol. The molecule has 4 aromatic carbocycles. The third-order valence-corrected chi connectivity index (χ3v) is 9.32. The summed E-state index contributed by atoms with van der Waals surface area (Å²) in [6.07, 6.45) is -9.58. The number of para-hydroxylation sites is 1. The second-order valence-corrected chi connectivity index (χ2v) is 14.4. The number of hydrogen-bond donors (Lipinski definition) is 6. The number of rotatable bonds is 14. The molecular weight excluding hydrogens is 883 g/mol. The Labute approximate surface area is 362 Å². The smallest absolute Gasteiger partial charge is 0.489 e. The molecule has 0 saturated carbocycles. The number of amides is 2. The van der Waals surface area contributed by atoms with Gasteiger partial charge < -0.3 is 41.8 Å². The molecule has 2 heterocycles. The topological polar surface area (TPSA) is 229 Å². The van der Waals surface area contributed by atoms with E-state index < -0.39 is 24.3 Å². The summed E-state index contributed by atoms with van der Waals surface area (Å²) < 4.78 is 75.5. The first-order chi connectivity index (χ1) is 29.8. The van der Waals surface area contributed by atoms with Gasteiger partial charge >= 0.3 is 24.3 Å². The minimum absolute atomic E-state index is 0.180. The SMILES string of the molecule is Nc1nc(-c2ccc(OCc3cccc(C(=O)NCCCNC(=O)c4ccc(COc5ccccc5-c5csc(N)n5)cc4)c3)cc2)cs1.O=C(O)C(F)(F)F.O=C(O)C(F)(F)F. The molecule has 0 aliphatic rings. The summed E-state index contributed by atoms with van der Waals surface area (Å²) in [5.41, 5.74) is 17.9. The number of halogens is 6. The summed E-state index contributed by atoms with van der Waals surface area (Å²) in [5, 5.41) is 24.9. The van der Waals surface area contributed by atoms with E-state index in [0.717, 1.165) is 33.6 Å².